The highest BCUT2D eigenvalue weighted by molar-refractivity contribution is 9.10. The van der Waals surface area contributed by atoms with E-state index in [1.54, 1.807) is 23.1 Å². The van der Waals surface area contributed by atoms with Crippen LogP contribution in [0.25, 0.3) is 15.3 Å². The van der Waals surface area contributed by atoms with Crippen LogP contribution in [0, 0.1) is 0 Å². The Kier molecular flexibility index (Phi) is 4.17. The second-order valence-corrected chi connectivity index (χ2v) is 8.39. The van der Waals surface area contributed by atoms with Crippen molar-refractivity contribution in [2.75, 3.05) is 12.4 Å². The van der Waals surface area contributed by atoms with Crippen LogP contribution >= 0.6 is 27.3 Å². The summed E-state index contributed by atoms with van der Waals surface area (Å²) in [4.78, 5) is 17.1. The van der Waals surface area contributed by atoms with Gasteiger partial charge in [-0.15, -0.1) is 0 Å². The summed E-state index contributed by atoms with van der Waals surface area (Å²) in [6.07, 6.45) is 2.20. The molecule has 0 aliphatic carbocycles. The van der Waals surface area contributed by atoms with Gasteiger partial charge in [-0.25, -0.2) is 4.98 Å². The number of rotatable bonds is 3. The van der Waals surface area contributed by atoms with E-state index >= 15 is 0 Å². The molecule has 0 bridgehead atoms. The fraction of sp³-hybridized carbons (Fsp3) is 0.150. The number of fused-ring (bicyclic) bond motifs is 2. The number of aromatic nitrogens is 3. The van der Waals surface area contributed by atoms with Gasteiger partial charge in [-0.3, -0.25) is 4.79 Å². The fourth-order valence-electron chi connectivity index (χ4n) is 3.51. The first-order chi connectivity index (χ1) is 13.6. The van der Waals surface area contributed by atoms with Gasteiger partial charge in [-0.2, -0.15) is 9.78 Å². The maximum atomic E-state index is 12.5. The largest absolute Gasteiger partial charge is 0.496 e. The quantitative estimate of drug-likeness (QED) is 0.485. The Labute approximate surface area is 173 Å². The Bertz CT molecular complexity index is 1180. The van der Waals surface area contributed by atoms with Crippen molar-refractivity contribution in [3.05, 3.63) is 64.3 Å². The first-order valence-electron chi connectivity index (χ1n) is 8.71. The lowest BCUT2D eigenvalue weighted by molar-refractivity contribution is -0.116. The fourth-order valence-corrected chi connectivity index (χ4v) is 5.00. The molecule has 5 rings (SSSR count). The normalized spacial score (nSPS) is 16.1. The van der Waals surface area contributed by atoms with Crippen molar-refractivity contribution in [1.29, 1.82) is 0 Å². The highest BCUT2D eigenvalue weighted by atomic mass is 79.9. The molecule has 0 saturated carbocycles. The molecule has 2 aromatic carbocycles. The van der Waals surface area contributed by atoms with Crippen LogP contribution in [0.2, 0.25) is 0 Å². The minimum absolute atomic E-state index is 0.0349. The summed E-state index contributed by atoms with van der Waals surface area (Å²) in [5.74, 6) is 1.34. The van der Waals surface area contributed by atoms with E-state index in [4.69, 9.17) is 4.74 Å². The van der Waals surface area contributed by atoms with E-state index < -0.39 is 0 Å². The smallest absolute Gasteiger partial charge is 0.226 e. The third-order valence-electron chi connectivity index (χ3n) is 4.86. The number of thiazole rings is 1. The van der Waals surface area contributed by atoms with E-state index in [0.717, 1.165) is 36.7 Å². The summed E-state index contributed by atoms with van der Waals surface area (Å²) in [7, 11) is 1.63. The van der Waals surface area contributed by atoms with Crippen molar-refractivity contribution < 1.29 is 9.53 Å². The number of anilines is 1. The molecule has 6 nitrogen and oxygen atoms in total. The van der Waals surface area contributed by atoms with Crippen LogP contribution in [-0.2, 0) is 4.79 Å². The van der Waals surface area contributed by atoms with Crippen LogP contribution in [0.3, 0.4) is 0 Å². The summed E-state index contributed by atoms with van der Waals surface area (Å²) < 4.78 is 8.99. The van der Waals surface area contributed by atoms with Gasteiger partial charge in [-0.1, -0.05) is 29.5 Å². The van der Waals surface area contributed by atoms with Gasteiger partial charge in [0.25, 0.3) is 0 Å². The number of ether oxygens (including phenoxy) is 1. The number of para-hydroxylation sites is 1. The molecule has 0 unspecified atom stereocenters. The molecule has 1 aliphatic heterocycles. The van der Waals surface area contributed by atoms with Crippen molar-refractivity contribution in [2.24, 2.45) is 0 Å². The van der Waals surface area contributed by atoms with Crippen molar-refractivity contribution in [1.82, 2.24) is 14.8 Å². The molecule has 3 heterocycles. The monoisotopic (exact) mass is 454 g/mol. The lowest BCUT2D eigenvalue weighted by Crippen LogP contribution is -2.24. The van der Waals surface area contributed by atoms with E-state index in [0.29, 0.717) is 12.2 Å². The third-order valence-corrected chi connectivity index (χ3v) is 6.49. The van der Waals surface area contributed by atoms with Crippen molar-refractivity contribution in [2.45, 2.75) is 12.3 Å². The number of nitrogens with zero attached hydrogens (tertiary/aromatic N) is 3. The molecule has 1 atom stereocenters. The molecule has 2 aromatic heterocycles. The summed E-state index contributed by atoms with van der Waals surface area (Å²) in [5.41, 5.74) is 2.94. The summed E-state index contributed by atoms with van der Waals surface area (Å²) >= 11 is 5.08. The average Bonchev–Trinajstić information content (AvgIpc) is 3.30. The summed E-state index contributed by atoms with van der Waals surface area (Å²) in [6, 6.07) is 13.9. The molecule has 1 aliphatic rings. The maximum Gasteiger partial charge on any atom is 0.226 e. The Hall–Kier alpha value is -2.71. The first-order valence-corrected chi connectivity index (χ1v) is 10.3. The summed E-state index contributed by atoms with van der Waals surface area (Å²) in [5, 5.41) is 8.26. The van der Waals surface area contributed by atoms with E-state index in [-0.39, 0.29) is 11.8 Å². The highest BCUT2D eigenvalue weighted by Gasteiger charge is 2.31. The zero-order valence-electron chi connectivity index (χ0n) is 14.8. The van der Waals surface area contributed by atoms with Crippen LogP contribution in [0.5, 0.6) is 5.75 Å². The van der Waals surface area contributed by atoms with Gasteiger partial charge in [-0.05, 0) is 45.8 Å². The molecule has 0 radical (unpaired) electrons. The lowest BCUT2D eigenvalue weighted by atomic mass is 9.87. The predicted molar refractivity (Wildman–Crippen MR) is 113 cm³/mol. The molecule has 0 saturated heterocycles. The second-order valence-electron chi connectivity index (χ2n) is 6.52. The number of carbonyl (C=O) groups excluding carboxylic acids is 1. The number of amides is 1. The molecular formula is C20H15BrN4O2S. The predicted octanol–water partition coefficient (Wildman–Crippen LogP) is 4.73. The number of halogens is 1. The van der Waals surface area contributed by atoms with Gasteiger partial charge in [0.15, 0.2) is 0 Å². The van der Waals surface area contributed by atoms with Crippen LogP contribution in [0.4, 0.5) is 5.82 Å². The highest BCUT2D eigenvalue weighted by Crippen LogP contribution is 2.40. The maximum absolute atomic E-state index is 12.5. The molecule has 0 fully saturated rings. The minimum atomic E-state index is -0.0749. The van der Waals surface area contributed by atoms with Gasteiger partial charge in [0.2, 0.25) is 11.0 Å². The molecule has 4 aromatic rings. The first kappa shape index (κ1) is 17.4. The Morgan fingerprint density at radius 2 is 2.14 bits per heavy atom. The van der Waals surface area contributed by atoms with Crippen LogP contribution in [0.1, 0.15) is 23.5 Å². The molecule has 28 heavy (non-hydrogen) atoms. The van der Waals surface area contributed by atoms with Crippen LogP contribution in [0.15, 0.2) is 53.1 Å². The average molecular weight is 455 g/mol. The van der Waals surface area contributed by atoms with E-state index in [1.807, 2.05) is 48.7 Å². The Morgan fingerprint density at radius 1 is 1.29 bits per heavy atom. The number of nitrogens with one attached hydrogen (secondary N) is 1. The number of hydrogen-bond acceptors (Lipinski definition) is 5. The van der Waals surface area contributed by atoms with Gasteiger partial charge < -0.3 is 10.1 Å². The van der Waals surface area contributed by atoms with Gasteiger partial charge in [0, 0.05) is 17.9 Å². The minimum Gasteiger partial charge on any atom is -0.496 e. The molecule has 1 amide bonds. The molecule has 8 heteroatoms. The molecule has 1 N–H and O–H groups in total. The third kappa shape index (κ3) is 2.80. The van der Waals surface area contributed by atoms with Crippen molar-refractivity contribution in [3.63, 3.8) is 0 Å². The number of carbonyl (C=O) groups is 1. The SMILES string of the molecule is COc1ccc([C@H]2CC(=O)Nc3c2cnn3-c2nc3ccccc3s2)cc1Br. The van der Waals surface area contributed by atoms with Crippen LogP contribution in [-0.4, -0.2) is 27.8 Å². The Balaban J connectivity index is 1.60. The van der Waals surface area contributed by atoms with Gasteiger partial charge in [0.05, 0.1) is 28.0 Å². The molecular weight excluding hydrogens is 440 g/mol. The number of benzene rings is 2. The number of hydrogen-bond donors (Lipinski definition) is 1. The zero-order valence-corrected chi connectivity index (χ0v) is 17.3. The number of methoxy groups -OCH3 is 1. The summed E-state index contributed by atoms with van der Waals surface area (Å²) in [6.45, 7) is 0. The molecule has 140 valence electrons. The lowest BCUT2D eigenvalue weighted by Gasteiger charge is -2.23. The second kappa shape index (κ2) is 6.72. The Morgan fingerprint density at radius 3 is 2.93 bits per heavy atom. The topological polar surface area (TPSA) is 69.0 Å². The van der Waals surface area contributed by atoms with E-state index in [2.05, 4.69) is 31.3 Å². The van der Waals surface area contributed by atoms with Crippen molar-refractivity contribution in [3.8, 4) is 10.9 Å². The van der Waals surface area contributed by atoms with Crippen LogP contribution < -0.4 is 10.1 Å². The van der Waals surface area contributed by atoms with E-state index in [9.17, 15) is 4.79 Å². The van der Waals surface area contributed by atoms with Crippen molar-refractivity contribution >= 4 is 49.2 Å². The standard InChI is InChI=1S/C20H15BrN4O2S/c1-27-16-7-6-11(8-14(16)21)12-9-18(26)24-19-13(12)10-22-25(19)20-23-15-4-2-3-5-17(15)28-20/h2-8,10,12H,9H2,1H3,(H,24,26)/t12-/m1/s1. The van der Waals surface area contributed by atoms with Gasteiger partial charge >= 0.3 is 0 Å². The van der Waals surface area contributed by atoms with E-state index in [1.165, 1.54) is 0 Å². The van der Waals surface area contributed by atoms with Gasteiger partial charge in [0.1, 0.15) is 11.6 Å². The molecule has 0 spiro atoms. The zero-order chi connectivity index (χ0) is 19.3.